The fourth-order valence-corrected chi connectivity index (χ4v) is 3.71. The number of rotatable bonds is 13. The van der Waals surface area contributed by atoms with Gasteiger partial charge in [-0.25, -0.2) is 0 Å². The predicted octanol–water partition coefficient (Wildman–Crippen LogP) is 5.76. The number of benzene rings is 2. The first-order valence-corrected chi connectivity index (χ1v) is 11.2. The van der Waals surface area contributed by atoms with Gasteiger partial charge in [0.2, 0.25) is 0 Å². The number of amides is 1. The average Bonchev–Trinajstić information content (AvgIpc) is 2.78. The van der Waals surface area contributed by atoms with Gasteiger partial charge in [-0.2, -0.15) is 0 Å². The van der Waals surface area contributed by atoms with Gasteiger partial charge in [0.25, 0.3) is 5.24 Å². The minimum absolute atomic E-state index is 0.277. The predicted molar refractivity (Wildman–Crippen MR) is 124 cm³/mol. The van der Waals surface area contributed by atoms with E-state index in [1.807, 2.05) is 36.4 Å². The molecule has 0 aromatic heterocycles. The first-order chi connectivity index (χ1) is 14.7. The van der Waals surface area contributed by atoms with E-state index in [0.717, 1.165) is 78.7 Å². The number of nitrogens with one attached hydrogen (secondary N) is 1. The lowest BCUT2D eigenvalue weighted by Crippen LogP contribution is -2.11. The molecule has 30 heavy (non-hydrogen) atoms. The van der Waals surface area contributed by atoms with Gasteiger partial charge >= 0.3 is 0 Å². The van der Waals surface area contributed by atoms with Crippen LogP contribution in [0.4, 0.5) is 4.79 Å². The van der Waals surface area contributed by atoms with Crippen molar-refractivity contribution >= 4 is 46.4 Å². The number of fused-ring (bicyclic) bond motifs is 1. The molecule has 0 spiro atoms. The van der Waals surface area contributed by atoms with Crippen LogP contribution in [0, 0.1) is 0 Å². The lowest BCUT2D eigenvalue weighted by Gasteiger charge is -2.12. The van der Waals surface area contributed by atoms with Gasteiger partial charge in [-0.15, -0.1) is 0 Å². The Morgan fingerprint density at radius 1 is 0.967 bits per heavy atom. The number of hydrogen-bond acceptors (Lipinski definition) is 5. The van der Waals surface area contributed by atoms with E-state index in [4.69, 9.17) is 4.74 Å². The van der Waals surface area contributed by atoms with Crippen molar-refractivity contribution in [1.29, 1.82) is 0 Å². The highest BCUT2D eigenvalue weighted by atomic mass is 32.2. The fourth-order valence-electron chi connectivity index (χ4n) is 3.16. The van der Waals surface area contributed by atoms with Crippen LogP contribution in [0.5, 0.6) is 5.75 Å². The maximum atomic E-state index is 11.6. The first-order valence-electron chi connectivity index (χ1n) is 10.3. The van der Waals surface area contributed by atoms with Crippen LogP contribution in [0.3, 0.4) is 0 Å². The van der Waals surface area contributed by atoms with Crippen molar-refractivity contribution in [2.45, 2.75) is 44.9 Å². The van der Waals surface area contributed by atoms with Crippen LogP contribution < -0.4 is 10.1 Å². The third-order valence-corrected chi connectivity index (χ3v) is 5.56. The van der Waals surface area contributed by atoms with Crippen LogP contribution in [0.15, 0.2) is 41.3 Å². The quantitative estimate of drug-likeness (QED) is 0.250. The molecule has 0 bridgehead atoms. The van der Waals surface area contributed by atoms with E-state index in [9.17, 15) is 14.4 Å². The van der Waals surface area contributed by atoms with Crippen LogP contribution >= 0.6 is 11.8 Å². The molecule has 0 radical (unpaired) electrons. The second-order valence-electron chi connectivity index (χ2n) is 6.93. The van der Waals surface area contributed by atoms with Crippen LogP contribution in [0.1, 0.15) is 50.5 Å². The van der Waals surface area contributed by atoms with Gasteiger partial charge in [-0.3, -0.25) is 9.59 Å². The Labute approximate surface area is 182 Å². The monoisotopic (exact) mass is 427 g/mol. The average molecular weight is 428 g/mol. The van der Waals surface area contributed by atoms with Crippen molar-refractivity contribution in [1.82, 2.24) is 5.32 Å². The zero-order valence-electron chi connectivity index (χ0n) is 17.4. The number of thioether (sulfide) groups is 1. The van der Waals surface area contributed by atoms with Gasteiger partial charge < -0.3 is 14.8 Å². The van der Waals surface area contributed by atoms with E-state index in [1.54, 1.807) is 6.08 Å². The first kappa shape index (κ1) is 23.7. The molecule has 6 heteroatoms. The van der Waals surface area contributed by atoms with Crippen molar-refractivity contribution < 1.29 is 19.1 Å². The second kappa shape index (κ2) is 13.6. The molecule has 0 aliphatic rings. The van der Waals surface area contributed by atoms with Crippen molar-refractivity contribution in [2.24, 2.45) is 0 Å². The number of aldehydes is 2. The van der Waals surface area contributed by atoms with Gasteiger partial charge in [0.1, 0.15) is 12.0 Å². The van der Waals surface area contributed by atoms with Crippen molar-refractivity contribution in [3.63, 3.8) is 0 Å². The molecule has 2 aromatic carbocycles. The Kier molecular flexibility index (Phi) is 10.7. The fraction of sp³-hybridized carbons (Fsp3) is 0.375. The summed E-state index contributed by atoms with van der Waals surface area (Å²) in [5.41, 5.74) is 0.867. The molecule has 0 fully saturated rings. The molecule has 1 N–H and O–H groups in total. The standard InChI is InChI=1S/C24H29NO4S/c1-25-24(28)30-20(18-27)17-19-13-14-23(22-12-8-7-11-21(19)22)29-16-10-6-4-2-3-5-9-15-26/h7-8,11-15,17-18H,2-6,9-10,16H2,1H3,(H,25,28)/b20-17-. The Hall–Kier alpha value is -2.60. The van der Waals surface area contributed by atoms with Crippen LogP contribution in [0.2, 0.25) is 0 Å². The largest absolute Gasteiger partial charge is 0.493 e. The lowest BCUT2D eigenvalue weighted by molar-refractivity contribution is -0.108. The molecule has 0 aliphatic heterocycles. The minimum atomic E-state index is -0.277. The zero-order chi connectivity index (χ0) is 21.6. The van der Waals surface area contributed by atoms with Gasteiger partial charge in [-0.05, 0) is 47.7 Å². The summed E-state index contributed by atoms with van der Waals surface area (Å²) in [6.45, 7) is 0.652. The van der Waals surface area contributed by atoms with Crippen molar-refractivity contribution in [3.8, 4) is 5.75 Å². The molecular formula is C24H29NO4S. The third-order valence-electron chi connectivity index (χ3n) is 4.72. The third kappa shape index (κ3) is 7.67. The highest BCUT2D eigenvalue weighted by Crippen LogP contribution is 2.31. The molecule has 2 aromatic rings. The molecule has 2 rings (SSSR count). The molecule has 160 valence electrons. The minimum Gasteiger partial charge on any atom is -0.493 e. The Bertz CT molecular complexity index is 879. The number of unbranched alkanes of at least 4 members (excludes halogenated alkanes) is 6. The van der Waals surface area contributed by atoms with Crippen molar-refractivity contribution in [3.05, 3.63) is 46.9 Å². The van der Waals surface area contributed by atoms with Crippen molar-refractivity contribution in [2.75, 3.05) is 13.7 Å². The zero-order valence-corrected chi connectivity index (χ0v) is 18.2. The maximum Gasteiger partial charge on any atom is 0.283 e. The number of ether oxygens (including phenoxy) is 1. The topological polar surface area (TPSA) is 72.5 Å². The maximum absolute atomic E-state index is 11.6. The molecule has 0 saturated heterocycles. The summed E-state index contributed by atoms with van der Waals surface area (Å²) in [4.78, 5) is 33.6. The Morgan fingerprint density at radius 2 is 1.67 bits per heavy atom. The molecular weight excluding hydrogens is 398 g/mol. The van der Waals surface area contributed by atoms with Gasteiger partial charge in [0.15, 0.2) is 6.29 Å². The second-order valence-corrected chi connectivity index (χ2v) is 7.97. The summed E-state index contributed by atoms with van der Waals surface area (Å²) in [5, 5.41) is 4.18. The summed E-state index contributed by atoms with van der Waals surface area (Å²) in [6, 6.07) is 11.7. The molecule has 5 nitrogen and oxygen atoms in total. The summed E-state index contributed by atoms with van der Waals surface area (Å²) in [7, 11) is 1.53. The highest BCUT2D eigenvalue weighted by molar-refractivity contribution is 8.17. The van der Waals surface area contributed by atoms with Crippen LogP contribution in [-0.4, -0.2) is 31.5 Å². The molecule has 0 heterocycles. The molecule has 0 saturated carbocycles. The lowest BCUT2D eigenvalue weighted by atomic mass is 10.0. The smallest absolute Gasteiger partial charge is 0.283 e. The summed E-state index contributed by atoms with van der Waals surface area (Å²) >= 11 is 0.874. The van der Waals surface area contributed by atoms with E-state index in [1.165, 1.54) is 7.05 Å². The molecule has 0 aliphatic carbocycles. The Balaban J connectivity index is 1.99. The highest BCUT2D eigenvalue weighted by Gasteiger charge is 2.09. The van der Waals surface area contributed by atoms with E-state index in [2.05, 4.69) is 5.32 Å². The normalized spacial score (nSPS) is 11.3. The van der Waals surface area contributed by atoms with Crippen LogP contribution in [-0.2, 0) is 9.59 Å². The summed E-state index contributed by atoms with van der Waals surface area (Å²) in [5.74, 6) is 0.820. The van der Waals surface area contributed by atoms with Gasteiger partial charge in [0.05, 0.1) is 11.5 Å². The number of carbonyl (C=O) groups excluding carboxylic acids is 3. The van der Waals surface area contributed by atoms with E-state index < -0.39 is 0 Å². The number of carbonyl (C=O) groups is 3. The van der Waals surface area contributed by atoms with E-state index >= 15 is 0 Å². The molecule has 0 atom stereocenters. The SMILES string of the molecule is CNC(=O)S/C(C=O)=C\c1ccc(OCCCCCCCCC=O)c2ccccc12. The summed E-state index contributed by atoms with van der Waals surface area (Å²) < 4.78 is 6.03. The molecule has 1 amide bonds. The van der Waals surface area contributed by atoms with Crippen LogP contribution in [0.25, 0.3) is 16.8 Å². The Morgan fingerprint density at radius 3 is 2.37 bits per heavy atom. The van der Waals surface area contributed by atoms with E-state index in [-0.39, 0.29) is 5.24 Å². The van der Waals surface area contributed by atoms with Gasteiger partial charge in [0, 0.05) is 18.9 Å². The van der Waals surface area contributed by atoms with E-state index in [0.29, 0.717) is 24.2 Å². The summed E-state index contributed by atoms with van der Waals surface area (Å²) in [6.07, 6.45) is 10.6. The number of hydrogen-bond donors (Lipinski definition) is 1. The molecule has 0 unspecified atom stereocenters. The number of allylic oxidation sites excluding steroid dienone is 1. The van der Waals surface area contributed by atoms with Gasteiger partial charge in [-0.1, -0.05) is 56.0 Å².